The number of esters is 1. The second-order valence-corrected chi connectivity index (χ2v) is 7.52. The molecule has 3 aromatic rings. The molecule has 0 saturated carbocycles. The topological polar surface area (TPSA) is 54.0 Å². The molecule has 0 aliphatic carbocycles. The summed E-state index contributed by atoms with van der Waals surface area (Å²) in [4.78, 5) is 11.6. The Morgan fingerprint density at radius 1 is 0.656 bits per heavy atom. The number of carbonyl (C=O) groups excluding carboxylic acids is 1. The fourth-order valence-corrected chi connectivity index (χ4v) is 3.79. The molecule has 0 amide bonds. The lowest BCUT2D eigenvalue weighted by Crippen LogP contribution is -2.02. The number of hydrogen-bond acceptors (Lipinski definition) is 5. The minimum Gasteiger partial charge on any atom is -0.497 e. The van der Waals surface area contributed by atoms with Crippen molar-refractivity contribution >= 4 is 5.97 Å². The first kappa shape index (κ1) is 23.2. The summed E-state index contributed by atoms with van der Waals surface area (Å²) in [5.41, 5.74) is 5.22. The molecular formula is C27H30O5. The normalized spacial score (nSPS) is 10.5. The molecule has 3 aromatic carbocycles. The standard InChI is InChI=1S/C27H30O5/c1-29-24-16-20(17-25(18-24)30-2)11-13-22-7-5-6-21(26(22)31-3)12-8-19-9-14-23(15-10-19)27(28)32-4/h5-7,9-10,14-18H,8,11-13H2,1-4H3. The van der Waals surface area contributed by atoms with Crippen LogP contribution in [0.4, 0.5) is 0 Å². The molecule has 32 heavy (non-hydrogen) atoms. The van der Waals surface area contributed by atoms with Gasteiger partial charge in [-0.2, -0.15) is 0 Å². The van der Waals surface area contributed by atoms with Crippen LogP contribution in [0.25, 0.3) is 0 Å². The molecule has 0 heterocycles. The van der Waals surface area contributed by atoms with Gasteiger partial charge in [0.05, 0.1) is 34.0 Å². The second kappa shape index (κ2) is 11.2. The molecule has 5 nitrogen and oxygen atoms in total. The molecule has 0 unspecified atom stereocenters. The molecule has 0 N–H and O–H groups in total. The van der Waals surface area contributed by atoms with Gasteiger partial charge in [0.25, 0.3) is 0 Å². The Kier molecular flexibility index (Phi) is 8.14. The fourth-order valence-electron chi connectivity index (χ4n) is 3.79. The zero-order valence-electron chi connectivity index (χ0n) is 19.1. The second-order valence-electron chi connectivity index (χ2n) is 7.52. The smallest absolute Gasteiger partial charge is 0.337 e. The minimum absolute atomic E-state index is 0.320. The third-order valence-electron chi connectivity index (χ3n) is 5.53. The predicted molar refractivity (Wildman–Crippen MR) is 125 cm³/mol. The van der Waals surface area contributed by atoms with Gasteiger partial charge in [-0.1, -0.05) is 30.3 Å². The Bertz CT molecular complexity index is 1020. The van der Waals surface area contributed by atoms with Gasteiger partial charge >= 0.3 is 5.97 Å². The van der Waals surface area contributed by atoms with Gasteiger partial charge in [-0.25, -0.2) is 4.79 Å². The molecule has 168 valence electrons. The van der Waals surface area contributed by atoms with Crippen molar-refractivity contribution in [3.63, 3.8) is 0 Å². The van der Waals surface area contributed by atoms with Gasteiger partial charge in [0.2, 0.25) is 0 Å². The molecule has 0 spiro atoms. The first-order chi connectivity index (χ1) is 15.6. The van der Waals surface area contributed by atoms with Gasteiger partial charge in [-0.15, -0.1) is 0 Å². The van der Waals surface area contributed by atoms with Gasteiger partial charge in [0.1, 0.15) is 17.2 Å². The summed E-state index contributed by atoms with van der Waals surface area (Å²) in [6.07, 6.45) is 3.40. The number of rotatable bonds is 10. The van der Waals surface area contributed by atoms with Crippen molar-refractivity contribution in [2.45, 2.75) is 25.7 Å². The van der Waals surface area contributed by atoms with E-state index >= 15 is 0 Å². The van der Waals surface area contributed by atoms with Gasteiger partial charge in [-0.3, -0.25) is 0 Å². The van der Waals surface area contributed by atoms with E-state index in [0.717, 1.165) is 54.1 Å². The van der Waals surface area contributed by atoms with E-state index in [-0.39, 0.29) is 5.97 Å². The molecule has 0 atom stereocenters. The van der Waals surface area contributed by atoms with E-state index in [1.165, 1.54) is 18.2 Å². The average molecular weight is 435 g/mol. The van der Waals surface area contributed by atoms with Crippen molar-refractivity contribution < 1.29 is 23.7 Å². The Hall–Kier alpha value is -3.47. The third kappa shape index (κ3) is 5.82. The van der Waals surface area contributed by atoms with Crippen molar-refractivity contribution in [3.8, 4) is 17.2 Å². The van der Waals surface area contributed by atoms with E-state index in [4.69, 9.17) is 18.9 Å². The highest BCUT2D eigenvalue weighted by atomic mass is 16.5. The number of carbonyl (C=O) groups is 1. The number of hydrogen-bond donors (Lipinski definition) is 0. The van der Waals surface area contributed by atoms with Gasteiger partial charge in [0, 0.05) is 6.07 Å². The average Bonchev–Trinajstić information content (AvgIpc) is 2.85. The van der Waals surface area contributed by atoms with Crippen molar-refractivity contribution in [2.24, 2.45) is 0 Å². The summed E-state index contributed by atoms with van der Waals surface area (Å²) >= 11 is 0. The molecule has 0 radical (unpaired) electrons. The summed E-state index contributed by atoms with van der Waals surface area (Å²) in [7, 11) is 6.43. The molecule has 0 aromatic heterocycles. The molecule has 0 aliphatic rings. The van der Waals surface area contributed by atoms with Crippen LogP contribution in [0.5, 0.6) is 17.2 Å². The van der Waals surface area contributed by atoms with E-state index in [9.17, 15) is 4.79 Å². The molecule has 3 rings (SSSR count). The zero-order valence-corrected chi connectivity index (χ0v) is 19.1. The number of benzene rings is 3. The molecule has 0 saturated heterocycles. The summed E-state index contributed by atoms with van der Waals surface area (Å²) in [5.74, 6) is 2.20. The fraction of sp³-hybridized carbons (Fsp3) is 0.296. The number of aryl methyl sites for hydroxylation is 4. The van der Waals surface area contributed by atoms with Crippen LogP contribution in [0, 0.1) is 0 Å². The van der Waals surface area contributed by atoms with Crippen LogP contribution in [0.3, 0.4) is 0 Å². The van der Waals surface area contributed by atoms with Gasteiger partial charge in [-0.05, 0) is 72.2 Å². The maximum atomic E-state index is 11.6. The third-order valence-corrected chi connectivity index (χ3v) is 5.53. The van der Waals surface area contributed by atoms with Crippen LogP contribution in [0.1, 0.15) is 32.6 Å². The Morgan fingerprint density at radius 2 is 1.22 bits per heavy atom. The van der Waals surface area contributed by atoms with Crippen molar-refractivity contribution in [1.82, 2.24) is 0 Å². The molecular weight excluding hydrogens is 404 g/mol. The van der Waals surface area contributed by atoms with Crippen LogP contribution < -0.4 is 14.2 Å². The lowest BCUT2D eigenvalue weighted by atomic mass is 9.97. The highest BCUT2D eigenvalue weighted by Gasteiger charge is 2.11. The first-order valence-corrected chi connectivity index (χ1v) is 10.6. The van der Waals surface area contributed by atoms with Gasteiger partial charge in [0.15, 0.2) is 0 Å². The van der Waals surface area contributed by atoms with Crippen molar-refractivity contribution in [2.75, 3.05) is 28.4 Å². The molecule has 0 aliphatic heterocycles. The summed E-state index contributed by atoms with van der Waals surface area (Å²) in [6.45, 7) is 0. The largest absolute Gasteiger partial charge is 0.497 e. The SMILES string of the molecule is COC(=O)c1ccc(CCc2cccc(CCc3cc(OC)cc(OC)c3)c2OC)cc1. The zero-order chi connectivity index (χ0) is 22.9. The Morgan fingerprint density at radius 3 is 1.72 bits per heavy atom. The van der Waals surface area contributed by atoms with Gasteiger partial charge < -0.3 is 18.9 Å². The lowest BCUT2D eigenvalue weighted by molar-refractivity contribution is 0.0600. The maximum absolute atomic E-state index is 11.6. The van der Waals surface area contributed by atoms with E-state index < -0.39 is 0 Å². The minimum atomic E-state index is -0.320. The van der Waals surface area contributed by atoms with Crippen molar-refractivity contribution in [3.05, 3.63) is 88.5 Å². The summed E-state index contributed by atoms with van der Waals surface area (Å²) in [5, 5.41) is 0. The quantitative estimate of drug-likeness (QED) is 0.417. The summed E-state index contributed by atoms with van der Waals surface area (Å²) in [6, 6.07) is 19.8. The number of ether oxygens (including phenoxy) is 4. The van der Waals surface area contributed by atoms with E-state index in [0.29, 0.717) is 5.56 Å². The first-order valence-electron chi connectivity index (χ1n) is 10.6. The Balaban J connectivity index is 1.70. The monoisotopic (exact) mass is 434 g/mol. The molecule has 5 heteroatoms. The van der Waals surface area contributed by atoms with E-state index in [1.54, 1.807) is 33.5 Å². The van der Waals surface area contributed by atoms with Crippen LogP contribution >= 0.6 is 0 Å². The van der Waals surface area contributed by atoms with Crippen LogP contribution in [0.2, 0.25) is 0 Å². The lowest BCUT2D eigenvalue weighted by Gasteiger charge is -2.14. The predicted octanol–water partition coefficient (Wildman–Crippen LogP) is 5.07. The van der Waals surface area contributed by atoms with Crippen LogP contribution in [-0.4, -0.2) is 34.4 Å². The highest BCUT2D eigenvalue weighted by molar-refractivity contribution is 5.89. The van der Waals surface area contributed by atoms with Crippen LogP contribution in [0.15, 0.2) is 60.7 Å². The number of para-hydroxylation sites is 1. The highest BCUT2D eigenvalue weighted by Crippen LogP contribution is 2.28. The van der Waals surface area contributed by atoms with Crippen molar-refractivity contribution in [1.29, 1.82) is 0 Å². The van der Waals surface area contributed by atoms with E-state index in [2.05, 4.69) is 18.2 Å². The number of methoxy groups -OCH3 is 4. The molecule has 0 fully saturated rings. The molecule has 0 bridgehead atoms. The van der Waals surface area contributed by atoms with E-state index in [1.807, 2.05) is 30.3 Å². The van der Waals surface area contributed by atoms with Crippen LogP contribution in [-0.2, 0) is 30.4 Å². The maximum Gasteiger partial charge on any atom is 0.337 e. The Labute approximate surface area is 189 Å². The summed E-state index contributed by atoms with van der Waals surface area (Å²) < 4.78 is 21.3.